The van der Waals surface area contributed by atoms with Gasteiger partial charge in [-0.25, -0.2) is 5.43 Å². The topological polar surface area (TPSA) is 67.2 Å². The molecule has 1 aromatic heterocycles. The molecular formula is C19H18N4OS3. The number of thioether (sulfide) groups is 2. The van der Waals surface area contributed by atoms with Crippen LogP contribution in [-0.2, 0) is 10.5 Å². The third-order valence-electron chi connectivity index (χ3n) is 3.46. The van der Waals surface area contributed by atoms with Crippen LogP contribution in [0.4, 0.5) is 0 Å². The van der Waals surface area contributed by atoms with Crippen LogP contribution in [0.5, 0.6) is 0 Å². The van der Waals surface area contributed by atoms with Gasteiger partial charge in [0.15, 0.2) is 8.68 Å². The van der Waals surface area contributed by atoms with Crippen LogP contribution in [0.15, 0.2) is 74.4 Å². The van der Waals surface area contributed by atoms with Crippen molar-refractivity contribution in [2.75, 3.05) is 5.75 Å². The summed E-state index contributed by atoms with van der Waals surface area (Å²) in [5.41, 5.74) is 5.58. The number of aromatic nitrogens is 2. The highest BCUT2D eigenvalue weighted by atomic mass is 32.2. The van der Waals surface area contributed by atoms with Gasteiger partial charge in [-0.2, -0.15) is 5.10 Å². The molecule has 0 spiro atoms. The Morgan fingerprint density at radius 2 is 1.63 bits per heavy atom. The highest BCUT2D eigenvalue weighted by Gasteiger charge is 2.09. The summed E-state index contributed by atoms with van der Waals surface area (Å²) in [6.45, 7) is 1.86. The van der Waals surface area contributed by atoms with Gasteiger partial charge in [-0.3, -0.25) is 4.79 Å². The lowest BCUT2D eigenvalue weighted by atomic mass is 10.1. The maximum Gasteiger partial charge on any atom is 0.250 e. The molecule has 0 aliphatic heterocycles. The first-order valence-electron chi connectivity index (χ1n) is 8.22. The van der Waals surface area contributed by atoms with E-state index in [0.717, 1.165) is 25.7 Å². The van der Waals surface area contributed by atoms with E-state index in [1.807, 2.05) is 55.5 Å². The first-order chi connectivity index (χ1) is 13.2. The molecule has 2 aromatic carbocycles. The Labute approximate surface area is 170 Å². The van der Waals surface area contributed by atoms with E-state index in [4.69, 9.17) is 0 Å². The molecular weight excluding hydrogens is 396 g/mol. The second-order valence-electron chi connectivity index (χ2n) is 5.50. The molecule has 138 valence electrons. The zero-order valence-corrected chi connectivity index (χ0v) is 17.1. The third kappa shape index (κ3) is 6.50. The molecule has 1 heterocycles. The highest BCUT2D eigenvalue weighted by Crippen LogP contribution is 2.30. The minimum Gasteiger partial charge on any atom is -0.272 e. The van der Waals surface area contributed by atoms with Gasteiger partial charge in [0.2, 0.25) is 0 Å². The Morgan fingerprint density at radius 1 is 1.00 bits per heavy atom. The van der Waals surface area contributed by atoms with Crippen LogP contribution in [0, 0.1) is 0 Å². The molecule has 3 aromatic rings. The Bertz CT molecular complexity index is 898. The van der Waals surface area contributed by atoms with Crippen molar-refractivity contribution < 1.29 is 4.79 Å². The van der Waals surface area contributed by atoms with Gasteiger partial charge in [0.05, 0.1) is 11.5 Å². The minimum absolute atomic E-state index is 0.163. The molecule has 1 amide bonds. The van der Waals surface area contributed by atoms with Crippen molar-refractivity contribution in [3.8, 4) is 0 Å². The number of hydrogen-bond donors (Lipinski definition) is 1. The Balaban J connectivity index is 1.43. The van der Waals surface area contributed by atoms with Crippen LogP contribution < -0.4 is 5.43 Å². The molecule has 0 atom stereocenters. The van der Waals surface area contributed by atoms with E-state index in [-0.39, 0.29) is 11.7 Å². The second-order valence-corrected chi connectivity index (χ2v) is 8.92. The van der Waals surface area contributed by atoms with Crippen molar-refractivity contribution in [3.05, 3.63) is 71.8 Å². The maximum atomic E-state index is 12.0. The Hall–Kier alpha value is -2.16. The van der Waals surface area contributed by atoms with Crippen molar-refractivity contribution in [3.63, 3.8) is 0 Å². The largest absolute Gasteiger partial charge is 0.272 e. The van der Waals surface area contributed by atoms with Gasteiger partial charge in [0, 0.05) is 5.75 Å². The van der Waals surface area contributed by atoms with Crippen LogP contribution in [0.2, 0.25) is 0 Å². The number of carbonyl (C=O) groups is 1. The van der Waals surface area contributed by atoms with E-state index in [9.17, 15) is 4.79 Å². The lowest BCUT2D eigenvalue weighted by Gasteiger charge is -2.01. The highest BCUT2D eigenvalue weighted by molar-refractivity contribution is 8.03. The summed E-state index contributed by atoms with van der Waals surface area (Å²) < 4.78 is 1.68. The number of hydrazone groups is 1. The van der Waals surface area contributed by atoms with Crippen molar-refractivity contribution in [2.45, 2.75) is 21.4 Å². The summed E-state index contributed by atoms with van der Waals surface area (Å²) in [5.74, 6) is 0.946. The second kappa shape index (κ2) is 10.2. The fourth-order valence-corrected chi connectivity index (χ4v) is 4.85. The Morgan fingerprint density at radius 3 is 2.33 bits per heavy atom. The van der Waals surface area contributed by atoms with Gasteiger partial charge in [0.1, 0.15) is 0 Å². The first kappa shape index (κ1) is 19.6. The molecule has 0 bridgehead atoms. The van der Waals surface area contributed by atoms with Gasteiger partial charge in [-0.15, -0.1) is 10.2 Å². The molecule has 0 fully saturated rings. The van der Waals surface area contributed by atoms with E-state index < -0.39 is 0 Å². The number of amides is 1. The molecule has 5 nitrogen and oxygen atoms in total. The number of carbonyl (C=O) groups excluding carboxylic acids is 1. The SMILES string of the molecule is C/C(=N\NC(=O)CSc1nnc(SCc2ccccc2)s1)c1ccccc1. The molecule has 27 heavy (non-hydrogen) atoms. The van der Waals surface area contributed by atoms with Crippen LogP contribution in [0.1, 0.15) is 18.1 Å². The van der Waals surface area contributed by atoms with Gasteiger partial charge in [-0.1, -0.05) is 95.5 Å². The van der Waals surface area contributed by atoms with Gasteiger partial charge in [0.25, 0.3) is 5.91 Å². The monoisotopic (exact) mass is 414 g/mol. The van der Waals surface area contributed by atoms with Crippen LogP contribution in [-0.4, -0.2) is 27.6 Å². The summed E-state index contributed by atoms with van der Waals surface area (Å²) in [4.78, 5) is 12.0. The normalized spacial score (nSPS) is 11.4. The average Bonchev–Trinajstić information content (AvgIpc) is 3.18. The van der Waals surface area contributed by atoms with Crippen molar-refractivity contribution in [1.82, 2.24) is 15.6 Å². The predicted octanol–water partition coefficient (Wildman–Crippen LogP) is 4.46. The van der Waals surface area contributed by atoms with E-state index >= 15 is 0 Å². The third-order valence-corrected chi connectivity index (χ3v) is 6.72. The van der Waals surface area contributed by atoms with E-state index in [0.29, 0.717) is 0 Å². The van der Waals surface area contributed by atoms with E-state index in [1.54, 1.807) is 11.8 Å². The Kier molecular flexibility index (Phi) is 7.44. The average molecular weight is 415 g/mol. The summed E-state index contributed by atoms with van der Waals surface area (Å²) in [6.07, 6.45) is 0. The number of nitrogens with one attached hydrogen (secondary N) is 1. The first-order valence-corrected chi connectivity index (χ1v) is 11.0. The molecule has 1 N–H and O–H groups in total. The molecule has 3 rings (SSSR count). The smallest absolute Gasteiger partial charge is 0.250 e. The van der Waals surface area contributed by atoms with Gasteiger partial charge < -0.3 is 0 Å². The summed E-state index contributed by atoms with van der Waals surface area (Å²) in [7, 11) is 0. The predicted molar refractivity (Wildman–Crippen MR) is 113 cm³/mol. The van der Waals surface area contributed by atoms with Crippen molar-refractivity contribution in [2.24, 2.45) is 5.10 Å². The zero-order valence-electron chi connectivity index (χ0n) is 14.7. The number of hydrogen-bond acceptors (Lipinski definition) is 7. The number of benzene rings is 2. The summed E-state index contributed by atoms with van der Waals surface area (Å²) in [5, 5.41) is 12.5. The fourth-order valence-electron chi connectivity index (χ4n) is 2.08. The van der Waals surface area contributed by atoms with Gasteiger partial charge in [-0.05, 0) is 18.1 Å². The quantitative estimate of drug-likeness (QED) is 0.335. The van der Waals surface area contributed by atoms with Crippen LogP contribution >= 0.6 is 34.9 Å². The number of rotatable bonds is 8. The lowest BCUT2D eigenvalue weighted by Crippen LogP contribution is -2.21. The molecule has 8 heteroatoms. The van der Waals surface area contributed by atoms with Crippen molar-refractivity contribution in [1.29, 1.82) is 0 Å². The van der Waals surface area contributed by atoms with Gasteiger partial charge >= 0.3 is 0 Å². The van der Waals surface area contributed by atoms with E-state index in [1.165, 1.54) is 28.7 Å². The molecule has 0 aliphatic carbocycles. The fraction of sp³-hybridized carbons (Fsp3) is 0.158. The zero-order chi connectivity index (χ0) is 18.9. The molecule has 0 aliphatic rings. The maximum absolute atomic E-state index is 12.0. The molecule has 0 unspecified atom stereocenters. The summed E-state index contributed by atoms with van der Waals surface area (Å²) in [6, 6.07) is 20.0. The standard InChI is InChI=1S/C19H18N4OS3/c1-14(16-10-6-3-7-11-16)20-21-17(24)13-26-19-23-22-18(27-19)25-12-15-8-4-2-5-9-15/h2-11H,12-13H2,1H3,(H,21,24)/b20-14+. The summed E-state index contributed by atoms with van der Waals surface area (Å²) >= 11 is 4.52. The van der Waals surface area contributed by atoms with Crippen molar-refractivity contribution >= 4 is 46.5 Å². The van der Waals surface area contributed by atoms with Crippen LogP contribution in [0.3, 0.4) is 0 Å². The number of nitrogens with zero attached hydrogens (tertiary/aromatic N) is 3. The van der Waals surface area contributed by atoms with Crippen LogP contribution in [0.25, 0.3) is 0 Å². The lowest BCUT2D eigenvalue weighted by molar-refractivity contribution is -0.118. The molecule has 0 radical (unpaired) electrons. The van der Waals surface area contributed by atoms with E-state index in [2.05, 4.69) is 32.9 Å². The molecule has 0 saturated heterocycles. The minimum atomic E-state index is -0.163. The molecule has 0 saturated carbocycles.